The van der Waals surface area contributed by atoms with Crippen LogP contribution in [0, 0.1) is 16.0 Å². The number of carbonyl (C=O) groups excluding carboxylic acids is 1. The second-order valence-electron chi connectivity index (χ2n) is 4.16. The number of rotatable bonds is 6. The summed E-state index contributed by atoms with van der Waals surface area (Å²) >= 11 is 0. The number of nitro groups is 1. The van der Waals surface area contributed by atoms with E-state index < -0.39 is 4.92 Å². The number of hydrogen-bond acceptors (Lipinski definition) is 4. The zero-order valence-electron chi connectivity index (χ0n) is 9.92. The minimum Gasteiger partial charge on any atom is -0.358 e. The summed E-state index contributed by atoms with van der Waals surface area (Å²) in [5.41, 5.74) is 0. The highest BCUT2D eigenvalue weighted by molar-refractivity contribution is 5.75. The van der Waals surface area contributed by atoms with Gasteiger partial charge in [-0.3, -0.25) is 4.79 Å². The number of nitrogens with zero attached hydrogens (tertiary/aromatic N) is 3. The summed E-state index contributed by atoms with van der Waals surface area (Å²) in [5.74, 6) is 0.0877. The molecule has 0 fully saturated rings. The van der Waals surface area contributed by atoms with Gasteiger partial charge in [-0.1, -0.05) is 13.8 Å². The summed E-state index contributed by atoms with van der Waals surface area (Å²) in [5, 5.41) is 16.8. The average molecular weight is 240 g/mol. The Labute approximate surface area is 99.0 Å². The lowest BCUT2D eigenvalue weighted by Gasteiger charge is -2.05. The Kier molecular flexibility index (Phi) is 4.62. The quantitative estimate of drug-likeness (QED) is 0.592. The smallest absolute Gasteiger partial charge is 0.358 e. The third-order valence-corrected chi connectivity index (χ3v) is 2.16. The van der Waals surface area contributed by atoms with Gasteiger partial charge in [0.1, 0.15) is 6.54 Å². The Bertz CT molecular complexity index is 400. The van der Waals surface area contributed by atoms with Gasteiger partial charge in [-0.2, -0.15) is 4.68 Å². The topological polar surface area (TPSA) is 90.1 Å². The predicted molar refractivity (Wildman–Crippen MR) is 61.3 cm³/mol. The lowest BCUT2D eigenvalue weighted by molar-refractivity contribution is -0.389. The molecule has 1 rings (SSSR count). The van der Waals surface area contributed by atoms with Crippen molar-refractivity contribution in [2.45, 2.75) is 26.8 Å². The van der Waals surface area contributed by atoms with Crippen LogP contribution in [0.2, 0.25) is 0 Å². The first kappa shape index (κ1) is 13.1. The van der Waals surface area contributed by atoms with Crippen LogP contribution >= 0.6 is 0 Å². The number of aromatic nitrogens is 2. The Morgan fingerprint density at radius 2 is 2.35 bits per heavy atom. The molecule has 1 aromatic heterocycles. The minimum atomic E-state index is -0.590. The van der Waals surface area contributed by atoms with E-state index in [2.05, 4.69) is 24.3 Å². The molecule has 7 heteroatoms. The highest BCUT2D eigenvalue weighted by Gasteiger charge is 2.12. The molecule has 94 valence electrons. The monoisotopic (exact) mass is 240 g/mol. The van der Waals surface area contributed by atoms with Crippen molar-refractivity contribution in [3.05, 3.63) is 22.4 Å². The van der Waals surface area contributed by atoms with Crippen LogP contribution in [0.15, 0.2) is 12.3 Å². The van der Waals surface area contributed by atoms with E-state index >= 15 is 0 Å². The minimum absolute atomic E-state index is 0.00589. The van der Waals surface area contributed by atoms with Crippen molar-refractivity contribution in [1.82, 2.24) is 15.1 Å². The molecular weight excluding hydrogens is 224 g/mol. The second kappa shape index (κ2) is 5.97. The van der Waals surface area contributed by atoms with E-state index in [4.69, 9.17) is 0 Å². The molecule has 7 nitrogen and oxygen atoms in total. The van der Waals surface area contributed by atoms with Crippen molar-refractivity contribution < 1.29 is 9.72 Å². The normalized spacial score (nSPS) is 10.5. The van der Waals surface area contributed by atoms with Crippen LogP contribution in [0.1, 0.15) is 20.3 Å². The summed E-state index contributed by atoms with van der Waals surface area (Å²) in [6.45, 7) is 4.76. The summed E-state index contributed by atoms with van der Waals surface area (Å²) in [4.78, 5) is 21.2. The highest BCUT2D eigenvalue weighted by atomic mass is 16.6. The molecule has 0 saturated heterocycles. The SMILES string of the molecule is CC(C)CCNC(=O)Cn1ccc([N+](=O)[O-])n1. The van der Waals surface area contributed by atoms with Gasteiger partial charge in [0.25, 0.3) is 0 Å². The molecule has 0 saturated carbocycles. The maximum atomic E-state index is 11.4. The van der Waals surface area contributed by atoms with E-state index in [1.807, 2.05) is 0 Å². The largest absolute Gasteiger partial charge is 0.389 e. The number of carbonyl (C=O) groups is 1. The van der Waals surface area contributed by atoms with E-state index in [-0.39, 0.29) is 18.3 Å². The van der Waals surface area contributed by atoms with Crippen molar-refractivity contribution >= 4 is 11.7 Å². The first-order valence-electron chi connectivity index (χ1n) is 5.43. The molecule has 0 aliphatic rings. The second-order valence-corrected chi connectivity index (χ2v) is 4.16. The zero-order chi connectivity index (χ0) is 12.8. The van der Waals surface area contributed by atoms with Gasteiger partial charge in [-0.05, 0) is 17.3 Å². The lowest BCUT2D eigenvalue weighted by atomic mass is 10.1. The first-order chi connectivity index (χ1) is 7.99. The average Bonchev–Trinajstić information content (AvgIpc) is 2.65. The van der Waals surface area contributed by atoms with E-state index in [1.165, 1.54) is 16.9 Å². The Morgan fingerprint density at radius 1 is 1.65 bits per heavy atom. The lowest BCUT2D eigenvalue weighted by Crippen LogP contribution is -2.29. The number of amides is 1. The van der Waals surface area contributed by atoms with Crippen molar-refractivity contribution in [2.75, 3.05) is 6.54 Å². The van der Waals surface area contributed by atoms with Crippen LogP contribution in [0.5, 0.6) is 0 Å². The van der Waals surface area contributed by atoms with Crippen molar-refractivity contribution in [3.63, 3.8) is 0 Å². The molecule has 0 aliphatic heterocycles. The molecule has 0 bridgehead atoms. The Morgan fingerprint density at radius 3 is 2.88 bits per heavy atom. The molecule has 17 heavy (non-hydrogen) atoms. The summed E-state index contributed by atoms with van der Waals surface area (Å²) in [6, 6.07) is 1.27. The summed E-state index contributed by atoms with van der Waals surface area (Å²) in [6.07, 6.45) is 2.32. The molecule has 1 aromatic rings. The van der Waals surface area contributed by atoms with Gasteiger partial charge >= 0.3 is 5.82 Å². The fourth-order valence-corrected chi connectivity index (χ4v) is 1.24. The van der Waals surface area contributed by atoms with Crippen LogP contribution in [-0.4, -0.2) is 27.2 Å². The highest BCUT2D eigenvalue weighted by Crippen LogP contribution is 2.04. The van der Waals surface area contributed by atoms with Gasteiger partial charge < -0.3 is 15.4 Å². The Balaban J connectivity index is 2.37. The maximum absolute atomic E-state index is 11.4. The molecule has 0 atom stereocenters. The standard InChI is InChI=1S/C10H16N4O3/c1-8(2)3-5-11-10(15)7-13-6-4-9(12-13)14(16)17/h4,6,8H,3,5,7H2,1-2H3,(H,11,15). The van der Waals surface area contributed by atoms with Crippen LogP contribution < -0.4 is 5.32 Å². The number of hydrogen-bond donors (Lipinski definition) is 1. The van der Waals surface area contributed by atoms with Crippen LogP contribution in [0.3, 0.4) is 0 Å². The van der Waals surface area contributed by atoms with Crippen molar-refractivity contribution in [1.29, 1.82) is 0 Å². The molecule has 1 N–H and O–H groups in total. The number of nitrogens with one attached hydrogen (secondary N) is 1. The molecule has 0 unspecified atom stereocenters. The van der Waals surface area contributed by atoms with Gasteiger partial charge in [-0.25, -0.2) is 0 Å². The van der Waals surface area contributed by atoms with Gasteiger partial charge in [0.2, 0.25) is 5.91 Å². The molecular formula is C10H16N4O3. The third kappa shape index (κ3) is 4.62. The van der Waals surface area contributed by atoms with E-state index in [1.54, 1.807) is 0 Å². The summed E-state index contributed by atoms with van der Waals surface area (Å²) < 4.78 is 1.25. The van der Waals surface area contributed by atoms with E-state index in [0.29, 0.717) is 12.5 Å². The van der Waals surface area contributed by atoms with Crippen LogP contribution in [0.4, 0.5) is 5.82 Å². The zero-order valence-corrected chi connectivity index (χ0v) is 9.92. The Hall–Kier alpha value is -1.92. The fraction of sp³-hybridized carbons (Fsp3) is 0.600. The van der Waals surface area contributed by atoms with Crippen molar-refractivity contribution in [2.24, 2.45) is 5.92 Å². The van der Waals surface area contributed by atoms with Crippen LogP contribution in [0.25, 0.3) is 0 Å². The van der Waals surface area contributed by atoms with E-state index in [9.17, 15) is 14.9 Å². The molecule has 0 aliphatic carbocycles. The van der Waals surface area contributed by atoms with Gasteiger partial charge in [0.15, 0.2) is 0 Å². The molecule has 1 amide bonds. The fourth-order valence-electron chi connectivity index (χ4n) is 1.24. The predicted octanol–water partition coefficient (Wildman–Crippen LogP) is 0.954. The maximum Gasteiger partial charge on any atom is 0.389 e. The van der Waals surface area contributed by atoms with Gasteiger partial charge in [0, 0.05) is 6.54 Å². The molecule has 0 radical (unpaired) electrons. The van der Waals surface area contributed by atoms with E-state index in [0.717, 1.165) is 6.42 Å². The molecule has 0 spiro atoms. The van der Waals surface area contributed by atoms with Gasteiger partial charge in [0.05, 0.1) is 17.4 Å². The van der Waals surface area contributed by atoms with Crippen LogP contribution in [-0.2, 0) is 11.3 Å². The first-order valence-corrected chi connectivity index (χ1v) is 5.43. The van der Waals surface area contributed by atoms with Gasteiger partial charge in [-0.15, -0.1) is 0 Å². The van der Waals surface area contributed by atoms with Crippen molar-refractivity contribution in [3.8, 4) is 0 Å². The third-order valence-electron chi connectivity index (χ3n) is 2.16. The summed E-state index contributed by atoms with van der Waals surface area (Å²) in [7, 11) is 0. The molecule has 1 heterocycles. The molecule has 0 aromatic carbocycles.